The Kier molecular flexibility index (Phi) is 8.45. The van der Waals surface area contributed by atoms with Crippen LogP contribution in [0.25, 0.3) is 0 Å². The number of rotatable bonds is 8. The Morgan fingerprint density at radius 3 is 2.00 bits per heavy atom. The van der Waals surface area contributed by atoms with E-state index < -0.39 is 6.16 Å². The molecule has 0 saturated carbocycles. The predicted octanol–water partition coefficient (Wildman–Crippen LogP) is 5.42. The summed E-state index contributed by atoms with van der Waals surface area (Å²) in [4.78, 5) is 36.2. The van der Waals surface area contributed by atoms with E-state index in [0.717, 1.165) is 22.4 Å². The van der Waals surface area contributed by atoms with E-state index in [0.29, 0.717) is 16.9 Å². The monoisotopic (exact) mass is 476 g/mol. The first-order valence-electron chi connectivity index (χ1n) is 11.1. The van der Waals surface area contributed by atoms with E-state index >= 15 is 0 Å². The Morgan fingerprint density at radius 1 is 0.771 bits per heavy atom. The normalized spacial score (nSPS) is 10.3. The summed E-state index contributed by atoms with van der Waals surface area (Å²) in [7, 11) is 0. The quantitative estimate of drug-likeness (QED) is 0.333. The molecule has 8 nitrogen and oxygen atoms in total. The van der Waals surface area contributed by atoms with E-state index in [-0.39, 0.29) is 30.8 Å². The van der Waals surface area contributed by atoms with Gasteiger partial charge in [0, 0.05) is 16.9 Å². The Morgan fingerprint density at radius 2 is 1.37 bits per heavy atom. The molecular weight excluding hydrogens is 448 g/mol. The second-order valence-corrected chi connectivity index (χ2v) is 7.83. The summed E-state index contributed by atoms with van der Waals surface area (Å²) < 4.78 is 15.4. The molecule has 0 atom stereocenters. The van der Waals surface area contributed by atoms with E-state index in [1.54, 1.807) is 31.2 Å². The molecule has 8 heteroatoms. The lowest BCUT2D eigenvalue weighted by molar-refractivity contribution is -0.118. The fraction of sp³-hybridized carbons (Fsp3) is 0.222. The average Bonchev–Trinajstić information content (AvgIpc) is 2.83. The average molecular weight is 477 g/mol. The van der Waals surface area contributed by atoms with Gasteiger partial charge >= 0.3 is 6.16 Å². The van der Waals surface area contributed by atoms with Gasteiger partial charge < -0.3 is 24.8 Å². The molecule has 0 aliphatic carbocycles. The molecule has 0 heterocycles. The summed E-state index contributed by atoms with van der Waals surface area (Å²) in [6.45, 7) is 7.68. The molecule has 35 heavy (non-hydrogen) atoms. The van der Waals surface area contributed by atoms with Crippen molar-refractivity contribution in [1.29, 1.82) is 0 Å². The standard InChI is InChI=1S/C27H28N2O6/c1-5-33-27(32)35-23-14-8-20(9-15-23)26(31)29-22-12-10-21(11-13-22)28-24(30)16-34-25-18(3)7-6-17(2)19(25)4/h6-15H,5,16H2,1-4H3,(H,28,30)(H,29,31). The molecule has 2 amide bonds. The Bertz CT molecular complexity index is 1200. The van der Waals surface area contributed by atoms with Crippen molar-refractivity contribution in [3.8, 4) is 11.5 Å². The maximum atomic E-state index is 12.5. The van der Waals surface area contributed by atoms with E-state index in [1.807, 2.05) is 32.9 Å². The minimum absolute atomic E-state index is 0.112. The third-order valence-electron chi connectivity index (χ3n) is 5.23. The topological polar surface area (TPSA) is 103 Å². The van der Waals surface area contributed by atoms with Gasteiger partial charge in [-0.05, 0) is 92.9 Å². The van der Waals surface area contributed by atoms with Gasteiger partial charge in [-0.1, -0.05) is 12.1 Å². The highest BCUT2D eigenvalue weighted by Gasteiger charge is 2.11. The zero-order valence-electron chi connectivity index (χ0n) is 20.1. The number of benzene rings is 3. The van der Waals surface area contributed by atoms with Gasteiger partial charge in [0.1, 0.15) is 11.5 Å². The van der Waals surface area contributed by atoms with Gasteiger partial charge in [-0.25, -0.2) is 4.79 Å². The fourth-order valence-electron chi connectivity index (χ4n) is 3.24. The van der Waals surface area contributed by atoms with Gasteiger partial charge in [0.2, 0.25) is 0 Å². The smallest absolute Gasteiger partial charge is 0.483 e. The Labute approximate surface area is 204 Å². The number of carbonyl (C=O) groups is 3. The van der Waals surface area contributed by atoms with Crippen molar-refractivity contribution in [3.05, 3.63) is 82.9 Å². The molecule has 0 unspecified atom stereocenters. The van der Waals surface area contributed by atoms with Gasteiger partial charge in [0.05, 0.1) is 6.61 Å². The van der Waals surface area contributed by atoms with Crippen LogP contribution in [0, 0.1) is 20.8 Å². The van der Waals surface area contributed by atoms with E-state index in [9.17, 15) is 14.4 Å². The number of hydrogen-bond acceptors (Lipinski definition) is 6. The minimum atomic E-state index is -0.802. The molecule has 0 bridgehead atoms. The summed E-state index contributed by atoms with van der Waals surface area (Å²) >= 11 is 0. The van der Waals surface area contributed by atoms with Crippen LogP contribution in [0.2, 0.25) is 0 Å². The van der Waals surface area contributed by atoms with Gasteiger partial charge in [-0.2, -0.15) is 0 Å². The lowest BCUT2D eigenvalue weighted by Gasteiger charge is -2.14. The SMILES string of the molecule is CCOC(=O)Oc1ccc(C(=O)Nc2ccc(NC(=O)COc3c(C)ccc(C)c3C)cc2)cc1. The number of hydrogen-bond donors (Lipinski definition) is 2. The summed E-state index contributed by atoms with van der Waals surface area (Å²) in [5.74, 6) is 0.379. The highest BCUT2D eigenvalue weighted by Crippen LogP contribution is 2.25. The van der Waals surface area contributed by atoms with E-state index in [1.165, 1.54) is 24.3 Å². The lowest BCUT2D eigenvalue weighted by atomic mass is 10.1. The molecular formula is C27H28N2O6. The van der Waals surface area contributed by atoms with Crippen molar-refractivity contribution in [2.24, 2.45) is 0 Å². The van der Waals surface area contributed by atoms with E-state index in [4.69, 9.17) is 14.2 Å². The largest absolute Gasteiger partial charge is 0.513 e. The minimum Gasteiger partial charge on any atom is -0.483 e. The molecule has 0 spiro atoms. The first-order valence-corrected chi connectivity index (χ1v) is 11.1. The Hall–Kier alpha value is -4.33. The van der Waals surface area contributed by atoms with Crippen molar-refractivity contribution in [2.45, 2.75) is 27.7 Å². The van der Waals surface area contributed by atoms with Gasteiger partial charge in [0.25, 0.3) is 11.8 Å². The maximum Gasteiger partial charge on any atom is 0.513 e. The van der Waals surface area contributed by atoms with Crippen LogP contribution in [-0.4, -0.2) is 31.2 Å². The van der Waals surface area contributed by atoms with Gasteiger partial charge in [0.15, 0.2) is 6.61 Å². The second-order valence-electron chi connectivity index (χ2n) is 7.83. The fourth-order valence-corrected chi connectivity index (χ4v) is 3.24. The first kappa shape index (κ1) is 25.3. The zero-order valence-corrected chi connectivity index (χ0v) is 20.1. The Balaban J connectivity index is 1.51. The van der Waals surface area contributed by atoms with Crippen LogP contribution in [0.3, 0.4) is 0 Å². The molecule has 0 fully saturated rings. The van der Waals surface area contributed by atoms with Crippen LogP contribution in [0.4, 0.5) is 16.2 Å². The zero-order chi connectivity index (χ0) is 25.4. The van der Waals surface area contributed by atoms with Crippen molar-refractivity contribution >= 4 is 29.3 Å². The summed E-state index contributed by atoms with van der Waals surface area (Å²) in [5.41, 5.74) is 4.61. The molecule has 3 aromatic carbocycles. The summed E-state index contributed by atoms with van der Waals surface area (Å²) in [5, 5.41) is 5.56. The molecule has 0 aromatic heterocycles. The molecule has 3 rings (SSSR count). The van der Waals surface area contributed by atoms with Crippen LogP contribution in [0.15, 0.2) is 60.7 Å². The molecule has 0 aliphatic rings. The third-order valence-corrected chi connectivity index (χ3v) is 5.23. The van der Waals surface area contributed by atoms with Crippen molar-refractivity contribution in [2.75, 3.05) is 23.8 Å². The summed E-state index contributed by atoms with van der Waals surface area (Å²) in [6, 6.07) is 16.8. The third kappa shape index (κ3) is 7.07. The van der Waals surface area contributed by atoms with Crippen molar-refractivity contribution < 1.29 is 28.6 Å². The lowest BCUT2D eigenvalue weighted by Crippen LogP contribution is -2.20. The van der Waals surface area contributed by atoms with Crippen LogP contribution < -0.4 is 20.1 Å². The summed E-state index contributed by atoms with van der Waals surface area (Å²) in [6.07, 6.45) is -0.802. The highest BCUT2D eigenvalue weighted by atomic mass is 16.7. The van der Waals surface area contributed by atoms with Crippen molar-refractivity contribution in [3.63, 3.8) is 0 Å². The second kappa shape index (κ2) is 11.7. The van der Waals surface area contributed by atoms with Gasteiger partial charge in [-0.3, -0.25) is 9.59 Å². The molecule has 0 radical (unpaired) electrons. The highest BCUT2D eigenvalue weighted by molar-refractivity contribution is 6.04. The number of amides is 2. The van der Waals surface area contributed by atoms with Crippen LogP contribution in [-0.2, 0) is 9.53 Å². The number of ether oxygens (including phenoxy) is 3. The first-order chi connectivity index (χ1) is 16.8. The molecule has 182 valence electrons. The molecule has 0 aliphatic heterocycles. The predicted molar refractivity (Wildman–Crippen MR) is 133 cm³/mol. The van der Waals surface area contributed by atoms with Crippen molar-refractivity contribution in [1.82, 2.24) is 0 Å². The maximum absolute atomic E-state index is 12.5. The molecule has 2 N–H and O–H groups in total. The number of nitrogens with one attached hydrogen (secondary N) is 2. The van der Waals surface area contributed by atoms with E-state index in [2.05, 4.69) is 10.6 Å². The number of carbonyl (C=O) groups excluding carboxylic acids is 3. The van der Waals surface area contributed by atoms with Gasteiger partial charge in [-0.15, -0.1) is 0 Å². The number of anilines is 2. The van der Waals surface area contributed by atoms with Crippen LogP contribution in [0.5, 0.6) is 11.5 Å². The number of aryl methyl sites for hydroxylation is 2. The van der Waals surface area contributed by atoms with Crippen LogP contribution in [0.1, 0.15) is 34.0 Å². The molecule has 3 aromatic rings. The molecule has 0 saturated heterocycles. The van der Waals surface area contributed by atoms with Crippen LogP contribution >= 0.6 is 0 Å².